The van der Waals surface area contributed by atoms with Gasteiger partial charge in [0.1, 0.15) is 0 Å². The molecule has 17 heavy (non-hydrogen) atoms. The van der Waals surface area contributed by atoms with Gasteiger partial charge in [0, 0.05) is 5.56 Å². The summed E-state index contributed by atoms with van der Waals surface area (Å²) >= 11 is 11.7. The van der Waals surface area contributed by atoms with Crippen molar-refractivity contribution in [2.45, 2.75) is 0 Å². The van der Waals surface area contributed by atoms with Crippen LogP contribution in [-0.4, -0.2) is 0 Å². The van der Waals surface area contributed by atoms with Crippen LogP contribution in [0, 0.1) is 11.6 Å². The lowest BCUT2D eigenvalue weighted by molar-refractivity contribution is 0.511. The van der Waals surface area contributed by atoms with E-state index < -0.39 is 11.6 Å². The molecule has 0 atom stereocenters. The molecule has 0 aromatic heterocycles. The second-order valence-corrected chi connectivity index (χ2v) is 4.27. The van der Waals surface area contributed by atoms with Crippen molar-refractivity contribution in [3.8, 4) is 11.1 Å². The van der Waals surface area contributed by atoms with E-state index in [0.29, 0.717) is 11.3 Å². The van der Waals surface area contributed by atoms with Crippen LogP contribution in [-0.2, 0) is 0 Å². The number of nitrogens with two attached hydrogens (primary N) is 1. The fraction of sp³-hybridized carbons (Fsp3) is 0. The molecule has 2 aromatic rings. The molecule has 2 N–H and O–H groups in total. The van der Waals surface area contributed by atoms with Crippen LogP contribution in [0.15, 0.2) is 30.3 Å². The summed E-state index contributed by atoms with van der Waals surface area (Å²) in [5.41, 5.74) is 6.27. The summed E-state index contributed by atoms with van der Waals surface area (Å²) in [5.74, 6) is -1.96. The van der Waals surface area contributed by atoms with Crippen molar-refractivity contribution in [3.05, 3.63) is 52.0 Å². The van der Waals surface area contributed by atoms with Crippen LogP contribution in [0.2, 0.25) is 10.0 Å². The molecule has 0 saturated heterocycles. The van der Waals surface area contributed by atoms with Gasteiger partial charge in [-0.05, 0) is 29.8 Å². The maximum atomic E-state index is 13.6. The summed E-state index contributed by atoms with van der Waals surface area (Å²) in [6, 6.07) is 6.75. The molecule has 0 aliphatic rings. The van der Waals surface area contributed by atoms with Crippen LogP contribution in [0.1, 0.15) is 0 Å². The standard InChI is InChI=1S/C12H7Cl2F2N/c13-7-2-3-9(15)12(16)11(7)6-1-4-10(17)8(14)5-6/h1-5H,17H2. The largest absolute Gasteiger partial charge is 0.398 e. The number of anilines is 1. The summed E-state index contributed by atoms with van der Waals surface area (Å²) in [7, 11) is 0. The van der Waals surface area contributed by atoms with Gasteiger partial charge in [0.25, 0.3) is 0 Å². The second kappa shape index (κ2) is 4.51. The van der Waals surface area contributed by atoms with E-state index in [-0.39, 0.29) is 15.6 Å². The minimum atomic E-state index is -1.00. The second-order valence-electron chi connectivity index (χ2n) is 3.45. The normalized spacial score (nSPS) is 10.6. The lowest BCUT2D eigenvalue weighted by Gasteiger charge is -2.08. The fourth-order valence-corrected chi connectivity index (χ4v) is 1.91. The molecule has 0 spiro atoms. The first-order valence-electron chi connectivity index (χ1n) is 4.69. The molecule has 0 saturated carbocycles. The predicted octanol–water partition coefficient (Wildman–Crippen LogP) is 4.52. The van der Waals surface area contributed by atoms with Crippen molar-refractivity contribution in [1.82, 2.24) is 0 Å². The van der Waals surface area contributed by atoms with Crippen LogP contribution < -0.4 is 5.73 Å². The molecule has 0 amide bonds. The lowest BCUT2D eigenvalue weighted by atomic mass is 10.0. The van der Waals surface area contributed by atoms with Gasteiger partial charge in [-0.25, -0.2) is 8.78 Å². The van der Waals surface area contributed by atoms with Crippen LogP contribution in [0.3, 0.4) is 0 Å². The SMILES string of the molecule is Nc1ccc(-c2c(Cl)ccc(F)c2F)cc1Cl. The van der Waals surface area contributed by atoms with Crippen LogP contribution in [0.25, 0.3) is 11.1 Å². The Morgan fingerprint density at radius 3 is 2.29 bits per heavy atom. The monoisotopic (exact) mass is 273 g/mol. The van der Waals surface area contributed by atoms with E-state index in [1.165, 1.54) is 24.3 Å². The van der Waals surface area contributed by atoms with Gasteiger partial charge >= 0.3 is 0 Å². The van der Waals surface area contributed by atoms with Gasteiger partial charge in [-0.1, -0.05) is 29.3 Å². The molecule has 0 heterocycles. The smallest absolute Gasteiger partial charge is 0.168 e. The fourth-order valence-electron chi connectivity index (χ4n) is 1.47. The van der Waals surface area contributed by atoms with Crippen molar-refractivity contribution in [1.29, 1.82) is 0 Å². The molecule has 0 aliphatic carbocycles. The average molecular weight is 274 g/mol. The molecule has 2 aromatic carbocycles. The molecule has 0 aliphatic heterocycles. The maximum Gasteiger partial charge on any atom is 0.168 e. The van der Waals surface area contributed by atoms with Gasteiger partial charge in [0.15, 0.2) is 11.6 Å². The van der Waals surface area contributed by atoms with Crippen LogP contribution >= 0.6 is 23.2 Å². The Morgan fingerprint density at radius 1 is 0.941 bits per heavy atom. The maximum absolute atomic E-state index is 13.6. The first-order valence-corrected chi connectivity index (χ1v) is 5.45. The molecule has 1 nitrogen and oxygen atoms in total. The predicted molar refractivity (Wildman–Crippen MR) is 66.2 cm³/mol. The Morgan fingerprint density at radius 2 is 1.65 bits per heavy atom. The summed E-state index contributed by atoms with van der Waals surface area (Å²) < 4.78 is 26.8. The number of nitrogen functional groups attached to an aromatic ring is 1. The highest BCUT2D eigenvalue weighted by molar-refractivity contribution is 6.34. The highest BCUT2D eigenvalue weighted by atomic mass is 35.5. The minimum Gasteiger partial charge on any atom is -0.398 e. The molecule has 0 bridgehead atoms. The molecule has 0 unspecified atom stereocenters. The number of benzene rings is 2. The summed E-state index contributed by atoms with van der Waals surface area (Å²) in [6.45, 7) is 0. The highest BCUT2D eigenvalue weighted by Crippen LogP contribution is 2.34. The zero-order valence-corrected chi connectivity index (χ0v) is 9.99. The zero-order chi connectivity index (χ0) is 12.6. The number of halogens is 4. The van der Waals surface area contributed by atoms with E-state index in [1.54, 1.807) is 0 Å². The third kappa shape index (κ3) is 2.21. The quantitative estimate of drug-likeness (QED) is 0.600. The Labute approximate surface area is 107 Å². The lowest BCUT2D eigenvalue weighted by Crippen LogP contribution is -1.92. The van der Waals surface area contributed by atoms with Crippen molar-refractivity contribution < 1.29 is 8.78 Å². The van der Waals surface area contributed by atoms with Gasteiger partial charge < -0.3 is 5.73 Å². The van der Waals surface area contributed by atoms with Gasteiger partial charge in [-0.15, -0.1) is 0 Å². The van der Waals surface area contributed by atoms with E-state index in [9.17, 15) is 8.78 Å². The van der Waals surface area contributed by atoms with Crippen molar-refractivity contribution in [2.24, 2.45) is 0 Å². The van der Waals surface area contributed by atoms with E-state index in [4.69, 9.17) is 28.9 Å². The summed E-state index contributed by atoms with van der Waals surface area (Å²) in [4.78, 5) is 0. The molecule has 0 fully saturated rings. The van der Waals surface area contributed by atoms with Crippen LogP contribution in [0.4, 0.5) is 14.5 Å². The Balaban J connectivity index is 2.68. The topological polar surface area (TPSA) is 26.0 Å². The summed E-state index contributed by atoms with van der Waals surface area (Å²) in [5, 5.41) is 0.381. The number of hydrogen-bond acceptors (Lipinski definition) is 1. The molecular formula is C12H7Cl2F2N. The molecular weight excluding hydrogens is 267 g/mol. The van der Waals surface area contributed by atoms with Crippen LogP contribution in [0.5, 0.6) is 0 Å². The molecule has 0 radical (unpaired) electrons. The van der Waals surface area contributed by atoms with Crippen molar-refractivity contribution in [3.63, 3.8) is 0 Å². The van der Waals surface area contributed by atoms with Gasteiger partial charge in [-0.2, -0.15) is 0 Å². The van der Waals surface area contributed by atoms with E-state index >= 15 is 0 Å². The first-order chi connectivity index (χ1) is 8.00. The number of hydrogen-bond donors (Lipinski definition) is 1. The Kier molecular flexibility index (Phi) is 3.22. The minimum absolute atomic E-state index is 0.0198. The van der Waals surface area contributed by atoms with E-state index in [1.807, 2.05) is 0 Å². The first kappa shape index (κ1) is 12.1. The van der Waals surface area contributed by atoms with Gasteiger partial charge in [0.05, 0.1) is 15.7 Å². The molecule has 2 rings (SSSR count). The zero-order valence-electron chi connectivity index (χ0n) is 8.48. The molecule has 5 heteroatoms. The van der Waals surface area contributed by atoms with Crippen molar-refractivity contribution >= 4 is 28.9 Å². The van der Waals surface area contributed by atoms with Crippen molar-refractivity contribution in [2.75, 3.05) is 5.73 Å². The van der Waals surface area contributed by atoms with E-state index in [0.717, 1.165) is 6.07 Å². The average Bonchev–Trinajstić information content (AvgIpc) is 2.29. The Hall–Kier alpha value is -1.32. The Bertz CT molecular complexity index is 585. The summed E-state index contributed by atoms with van der Waals surface area (Å²) in [6.07, 6.45) is 0. The van der Waals surface area contributed by atoms with E-state index in [2.05, 4.69) is 0 Å². The third-order valence-corrected chi connectivity index (χ3v) is 2.98. The van der Waals surface area contributed by atoms with Gasteiger partial charge in [0.2, 0.25) is 0 Å². The highest BCUT2D eigenvalue weighted by Gasteiger charge is 2.15. The van der Waals surface area contributed by atoms with Gasteiger partial charge in [-0.3, -0.25) is 0 Å². The third-order valence-electron chi connectivity index (χ3n) is 2.33. The molecule has 88 valence electrons. The number of rotatable bonds is 1.